The van der Waals surface area contributed by atoms with E-state index in [1.54, 1.807) is 0 Å². The van der Waals surface area contributed by atoms with Gasteiger partial charge in [0.1, 0.15) is 0 Å². The van der Waals surface area contributed by atoms with E-state index in [4.69, 9.17) is 0 Å². The SMILES string of the molecule is C=[C]c1cccc(C)c1Br. The van der Waals surface area contributed by atoms with Crippen molar-refractivity contribution in [2.75, 3.05) is 0 Å². The molecule has 0 bridgehead atoms. The normalized spacial score (nSPS) is 9.40. The molecule has 1 heteroatoms. The molecule has 51 valence electrons. The minimum Gasteiger partial charge on any atom is -0.0905 e. The molecule has 0 saturated heterocycles. The summed E-state index contributed by atoms with van der Waals surface area (Å²) < 4.78 is 1.09. The van der Waals surface area contributed by atoms with Crippen LogP contribution in [0.3, 0.4) is 0 Å². The molecule has 1 aromatic rings. The average Bonchev–Trinajstić information content (AvgIpc) is 1.95. The molecule has 0 unspecified atom stereocenters. The van der Waals surface area contributed by atoms with Gasteiger partial charge in [-0.2, -0.15) is 0 Å². The highest BCUT2D eigenvalue weighted by Crippen LogP contribution is 2.20. The van der Waals surface area contributed by atoms with Crippen molar-refractivity contribution in [1.29, 1.82) is 0 Å². The molecule has 0 saturated carbocycles. The second kappa shape index (κ2) is 3.02. The van der Waals surface area contributed by atoms with Crippen LogP contribution in [0.2, 0.25) is 0 Å². The summed E-state index contributed by atoms with van der Waals surface area (Å²) in [7, 11) is 0. The van der Waals surface area contributed by atoms with Crippen LogP contribution in [0, 0.1) is 13.0 Å². The highest BCUT2D eigenvalue weighted by Gasteiger charge is 1.96. The second-order valence-electron chi connectivity index (χ2n) is 2.11. The van der Waals surface area contributed by atoms with E-state index in [9.17, 15) is 0 Å². The number of rotatable bonds is 1. The van der Waals surface area contributed by atoms with E-state index in [1.165, 1.54) is 5.56 Å². The number of halogens is 1. The molecular weight excluding hydrogens is 188 g/mol. The first-order chi connectivity index (χ1) is 4.75. The van der Waals surface area contributed by atoms with Gasteiger partial charge >= 0.3 is 0 Å². The molecule has 0 amide bonds. The van der Waals surface area contributed by atoms with Crippen molar-refractivity contribution >= 4 is 15.9 Å². The lowest BCUT2D eigenvalue weighted by atomic mass is 10.1. The summed E-state index contributed by atoms with van der Waals surface area (Å²) in [4.78, 5) is 0. The minimum atomic E-state index is 1.03. The van der Waals surface area contributed by atoms with Crippen LogP contribution < -0.4 is 0 Å². The monoisotopic (exact) mass is 195 g/mol. The zero-order valence-corrected chi connectivity index (χ0v) is 7.40. The first kappa shape index (κ1) is 7.55. The molecule has 0 fully saturated rings. The van der Waals surface area contributed by atoms with Crippen LogP contribution in [0.5, 0.6) is 0 Å². The van der Waals surface area contributed by atoms with Gasteiger partial charge in [0.05, 0.1) is 0 Å². The summed E-state index contributed by atoms with van der Waals surface area (Å²) >= 11 is 3.44. The molecule has 10 heavy (non-hydrogen) atoms. The van der Waals surface area contributed by atoms with Crippen LogP contribution in [0.1, 0.15) is 11.1 Å². The van der Waals surface area contributed by atoms with Gasteiger partial charge in [-0.1, -0.05) is 24.8 Å². The van der Waals surface area contributed by atoms with Gasteiger partial charge in [0.2, 0.25) is 0 Å². The van der Waals surface area contributed by atoms with E-state index in [2.05, 4.69) is 28.6 Å². The Bertz CT molecular complexity index is 251. The van der Waals surface area contributed by atoms with Crippen LogP contribution in [-0.4, -0.2) is 0 Å². The van der Waals surface area contributed by atoms with Gasteiger partial charge < -0.3 is 0 Å². The van der Waals surface area contributed by atoms with Crippen LogP contribution in [0.25, 0.3) is 0 Å². The Morgan fingerprint density at radius 1 is 1.50 bits per heavy atom. The Labute approximate surface area is 69.7 Å². The number of hydrogen-bond donors (Lipinski definition) is 0. The van der Waals surface area contributed by atoms with E-state index in [1.807, 2.05) is 25.1 Å². The van der Waals surface area contributed by atoms with Crippen LogP contribution in [-0.2, 0) is 0 Å². The van der Waals surface area contributed by atoms with E-state index >= 15 is 0 Å². The fraction of sp³-hybridized carbons (Fsp3) is 0.111. The first-order valence-corrected chi connectivity index (χ1v) is 3.83. The third-order valence-electron chi connectivity index (χ3n) is 1.38. The highest BCUT2D eigenvalue weighted by atomic mass is 79.9. The predicted molar refractivity (Wildman–Crippen MR) is 46.9 cm³/mol. The Morgan fingerprint density at radius 3 is 2.70 bits per heavy atom. The van der Waals surface area contributed by atoms with E-state index in [0.717, 1.165) is 10.0 Å². The smallest absolute Gasteiger partial charge is 0.0282 e. The lowest BCUT2D eigenvalue weighted by Gasteiger charge is -1.99. The van der Waals surface area contributed by atoms with Crippen molar-refractivity contribution in [2.24, 2.45) is 0 Å². The molecule has 0 N–H and O–H groups in total. The van der Waals surface area contributed by atoms with Crippen molar-refractivity contribution in [3.63, 3.8) is 0 Å². The summed E-state index contributed by atoms with van der Waals surface area (Å²) in [6, 6.07) is 6.02. The molecule has 1 rings (SSSR count). The van der Waals surface area contributed by atoms with Gasteiger partial charge in [-0.25, -0.2) is 0 Å². The zero-order chi connectivity index (χ0) is 7.56. The molecule has 1 aromatic carbocycles. The fourth-order valence-electron chi connectivity index (χ4n) is 0.784. The molecule has 0 aromatic heterocycles. The molecular formula is C9H8Br. The summed E-state index contributed by atoms with van der Waals surface area (Å²) in [5, 5.41) is 0. The topological polar surface area (TPSA) is 0 Å². The lowest BCUT2D eigenvalue weighted by molar-refractivity contribution is 1.39. The summed E-state index contributed by atoms with van der Waals surface area (Å²) in [5.74, 6) is 0. The highest BCUT2D eigenvalue weighted by molar-refractivity contribution is 9.10. The minimum absolute atomic E-state index is 1.03. The first-order valence-electron chi connectivity index (χ1n) is 3.04. The summed E-state index contributed by atoms with van der Waals surface area (Å²) in [5.41, 5.74) is 2.24. The lowest BCUT2D eigenvalue weighted by Crippen LogP contribution is -1.79. The number of hydrogen-bond acceptors (Lipinski definition) is 0. The Kier molecular flexibility index (Phi) is 2.28. The zero-order valence-electron chi connectivity index (χ0n) is 5.82. The average molecular weight is 196 g/mol. The standard InChI is InChI=1S/C9H8Br/c1-3-8-6-4-5-7(2)9(8)10/h4-6H,1H2,2H3. The van der Waals surface area contributed by atoms with Crippen molar-refractivity contribution in [1.82, 2.24) is 0 Å². The van der Waals surface area contributed by atoms with Crippen molar-refractivity contribution in [2.45, 2.75) is 6.92 Å². The molecule has 0 aliphatic rings. The van der Waals surface area contributed by atoms with Crippen LogP contribution in [0.15, 0.2) is 29.3 Å². The summed E-state index contributed by atoms with van der Waals surface area (Å²) in [6.07, 6.45) is 2.84. The van der Waals surface area contributed by atoms with Gasteiger partial charge in [-0.3, -0.25) is 0 Å². The van der Waals surface area contributed by atoms with E-state index in [-0.39, 0.29) is 0 Å². The largest absolute Gasteiger partial charge is 0.0905 e. The van der Waals surface area contributed by atoms with Crippen molar-refractivity contribution in [3.05, 3.63) is 46.5 Å². The van der Waals surface area contributed by atoms with Gasteiger partial charge in [0, 0.05) is 4.47 Å². The fourth-order valence-corrected chi connectivity index (χ4v) is 1.19. The van der Waals surface area contributed by atoms with Crippen molar-refractivity contribution in [3.8, 4) is 0 Å². The quantitative estimate of drug-likeness (QED) is 0.647. The third-order valence-corrected chi connectivity index (χ3v) is 2.43. The molecule has 0 aliphatic heterocycles. The van der Waals surface area contributed by atoms with Gasteiger partial charge in [0.15, 0.2) is 0 Å². The molecule has 0 heterocycles. The van der Waals surface area contributed by atoms with Crippen LogP contribution >= 0.6 is 15.9 Å². The molecule has 0 atom stereocenters. The van der Waals surface area contributed by atoms with Crippen LogP contribution in [0.4, 0.5) is 0 Å². The number of benzene rings is 1. The van der Waals surface area contributed by atoms with Gasteiger partial charge in [-0.05, 0) is 40.1 Å². The molecule has 0 aliphatic carbocycles. The van der Waals surface area contributed by atoms with E-state index in [0.29, 0.717) is 0 Å². The Hall–Kier alpha value is -0.560. The maximum Gasteiger partial charge on any atom is 0.0282 e. The summed E-state index contributed by atoms with van der Waals surface area (Å²) in [6.45, 7) is 5.62. The Morgan fingerprint density at radius 2 is 2.20 bits per heavy atom. The van der Waals surface area contributed by atoms with Crippen molar-refractivity contribution < 1.29 is 0 Å². The van der Waals surface area contributed by atoms with Gasteiger partial charge in [0.25, 0.3) is 0 Å². The van der Waals surface area contributed by atoms with Gasteiger partial charge in [-0.15, -0.1) is 0 Å². The number of aryl methyl sites for hydroxylation is 1. The molecule has 0 spiro atoms. The second-order valence-corrected chi connectivity index (χ2v) is 2.91. The third kappa shape index (κ3) is 1.29. The maximum atomic E-state index is 3.58. The van der Waals surface area contributed by atoms with E-state index < -0.39 is 0 Å². The predicted octanol–water partition coefficient (Wildman–Crippen LogP) is 3.09. The molecule has 1 radical (unpaired) electrons. The molecule has 0 nitrogen and oxygen atoms in total. The Balaban J connectivity index is 3.27. The maximum absolute atomic E-state index is 3.58.